The first-order chi connectivity index (χ1) is 14.3. The van der Waals surface area contributed by atoms with Gasteiger partial charge in [-0.25, -0.2) is 0 Å². The number of carbonyl (C=O) groups is 2. The molecule has 3 rings (SSSR count). The molecule has 3 aromatic rings. The summed E-state index contributed by atoms with van der Waals surface area (Å²) in [4.78, 5) is 23.7. The molecule has 0 aliphatic rings. The minimum atomic E-state index is -0.417. The number of aromatic nitrogens is 4. The summed E-state index contributed by atoms with van der Waals surface area (Å²) in [6.45, 7) is 7.52. The molecular formula is C21H24N6O2S. The van der Waals surface area contributed by atoms with E-state index in [4.69, 9.17) is 0 Å². The molecule has 1 heterocycles. The standard InChI is InChI=1S/C21H24N6O2S/c1-13(2)16-5-11-19(12-6-16)27-21(24-25-26-27)30-14(3)20(29)23-18-9-7-17(8-10-18)22-15(4)28/h5-14H,1-4H3,(H,22,28)(H,23,29). The Balaban J connectivity index is 1.65. The lowest BCUT2D eigenvalue weighted by molar-refractivity contribution is -0.115. The first-order valence-electron chi connectivity index (χ1n) is 9.57. The number of nitrogens with one attached hydrogen (secondary N) is 2. The molecule has 0 saturated heterocycles. The summed E-state index contributed by atoms with van der Waals surface area (Å²) in [5.41, 5.74) is 3.39. The van der Waals surface area contributed by atoms with E-state index in [2.05, 4.69) is 52.1 Å². The normalized spacial score (nSPS) is 11.9. The van der Waals surface area contributed by atoms with Crippen molar-refractivity contribution < 1.29 is 9.59 Å². The van der Waals surface area contributed by atoms with Crippen molar-refractivity contribution in [3.05, 3.63) is 54.1 Å². The van der Waals surface area contributed by atoms with Crippen molar-refractivity contribution in [1.29, 1.82) is 0 Å². The Kier molecular flexibility index (Phi) is 6.83. The second-order valence-electron chi connectivity index (χ2n) is 7.13. The SMILES string of the molecule is CC(=O)Nc1ccc(NC(=O)C(C)Sc2nnnn2-c2ccc(C(C)C)cc2)cc1. The van der Waals surface area contributed by atoms with Crippen LogP contribution in [0.25, 0.3) is 5.69 Å². The van der Waals surface area contributed by atoms with Crippen LogP contribution < -0.4 is 10.6 Å². The fourth-order valence-electron chi connectivity index (χ4n) is 2.71. The maximum atomic E-state index is 12.6. The lowest BCUT2D eigenvalue weighted by atomic mass is 10.0. The van der Waals surface area contributed by atoms with Crippen LogP contribution in [0.5, 0.6) is 0 Å². The summed E-state index contributed by atoms with van der Waals surface area (Å²) < 4.78 is 1.63. The van der Waals surface area contributed by atoms with Gasteiger partial charge < -0.3 is 10.6 Å². The van der Waals surface area contributed by atoms with Crippen LogP contribution in [0.2, 0.25) is 0 Å². The number of tetrazole rings is 1. The van der Waals surface area contributed by atoms with E-state index in [0.29, 0.717) is 22.4 Å². The zero-order valence-electron chi connectivity index (χ0n) is 17.3. The van der Waals surface area contributed by atoms with E-state index in [-0.39, 0.29) is 11.8 Å². The Labute approximate surface area is 179 Å². The molecule has 30 heavy (non-hydrogen) atoms. The Morgan fingerprint density at radius 1 is 0.933 bits per heavy atom. The van der Waals surface area contributed by atoms with Crippen molar-refractivity contribution in [2.45, 2.75) is 44.0 Å². The van der Waals surface area contributed by atoms with Crippen LogP contribution in [0, 0.1) is 0 Å². The van der Waals surface area contributed by atoms with E-state index >= 15 is 0 Å². The fraction of sp³-hybridized carbons (Fsp3) is 0.286. The average molecular weight is 425 g/mol. The minimum absolute atomic E-state index is 0.145. The minimum Gasteiger partial charge on any atom is -0.326 e. The van der Waals surface area contributed by atoms with E-state index in [1.165, 1.54) is 24.2 Å². The molecule has 8 nitrogen and oxygen atoms in total. The summed E-state index contributed by atoms with van der Waals surface area (Å²) >= 11 is 1.28. The molecular weight excluding hydrogens is 400 g/mol. The van der Waals surface area contributed by atoms with Crippen LogP contribution in [0.15, 0.2) is 53.7 Å². The first kappa shape index (κ1) is 21.5. The van der Waals surface area contributed by atoms with Crippen LogP contribution in [-0.2, 0) is 9.59 Å². The molecule has 9 heteroatoms. The van der Waals surface area contributed by atoms with Crippen molar-refractivity contribution in [3.63, 3.8) is 0 Å². The first-order valence-corrected chi connectivity index (χ1v) is 10.5. The van der Waals surface area contributed by atoms with Crippen molar-refractivity contribution in [2.24, 2.45) is 0 Å². The zero-order chi connectivity index (χ0) is 21.7. The lowest BCUT2D eigenvalue weighted by Gasteiger charge is -2.12. The number of hydrogen-bond acceptors (Lipinski definition) is 6. The second-order valence-corrected chi connectivity index (χ2v) is 8.44. The predicted molar refractivity (Wildman–Crippen MR) is 118 cm³/mol. The van der Waals surface area contributed by atoms with E-state index in [1.54, 1.807) is 35.9 Å². The lowest BCUT2D eigenvalue weighted by Crippen LogP contribution is -2.23. The van der Waals surface area contributed by atoms with Crippen molar-refractivity contribution in [2.75, 3.05) is 10.6 Å². The van der Waals surface area contributed by atoms with E-state index in [1.807, 2.05) is 12.1 Å². The summed E-state index contributed by atoms with van der Waals surface area (Å²) in [6, 6.07) is 15.0. The molecule has 2 amide bonds. The summed E-state index contributed by atoms with van der Waals surface area (Å²) in [6.07, 6.45) is 0. The van der Waals surface area contributed by atoms with Gasteiger partial charge in [0.25, 0.3) is 0 Å². The highest BCUT2D eigenvalue weighted by Gasteiger charge is 2.19. The van der Waals surface area contributed by atoms with Gasteiger partial charge in [0.1, 0.15) is 0 Å². The highest BCUT2D eigenvalue weighted by Crippen LogP contribution is 2.25. The topological polar surface area (TPSA) is 102 Å². The van der Waals surface area contributed by atoms with Crippen molar-refractivity contribution in [1.82, 2.24) is 20.2 Å². The molecule has 1 aromatic heterocycles. The van der Waals surface area contributed by atoms with Gasteiger partial charge in [-0.2, -0.15) is 4.68 Å². The molecule has 0 fully saturated rings. The molecule has 0 aliphatic heterocycles. The number of nitrogens with zero attached hydrogens (tertiary/aromatic N) is 4. The van der Waals surface area contributed by atoms with E-state index in [9.17, 15) is 9.59 Å². The molecule has 2 aromatic carbocycles. The van der Waals surface area contributed by atoms with Crippen LogP contribution in [0.4, 0.5) is 11.4 Å². The van der Waals surface area contributed by atoms with Gasteiger partial charge in [-0.3, -0.25) is 9.59 Å². The largest absolute Gasteiger partial charge is 0.326 e. The average Bonchev–Trinajstić information content (AvgIpc) is 3.17. The van der Waals surface area contributed by atoms with Crippen LogP contribution in [0.3, 0.4) is 0 Å². The summed E-state index contributed by atoms with van der Waals surface area (Å²) in [5.74, 6) is 0.128. The highest BCUT2D eigenvalue weighted by molar-refractivity contribution is 8.00. The van der Waals surface area contributed by atoms with Gasteiger partial charge in [-0.05, 0) is 65.2 Å². The number of rotatable bonds is 7. The van der Waals surface area contributed by atoms with Gasteiger partial charge in [0.2, 0.25) is 17.0 Å². The van der Waals surface area contributed by atoms with Gasteiger partial charge in [-0.1, -0.05) is 37.7 Å². The van der Waals surface area contributed by atoms with Crippen LogP contribution >= 0.6 is 11.8 Å². The number of benzene rings is 2. The monoisotopic (exact) mass is 424 g/mol. The highest BCUT2D eigenvalue weighted by atomic mass is 32.2. The quantitative estimate of drug-likeness (QED) is 0.559. The molecule has 0 saturated carbocycles. The smallest absolute Gasteiger partial charge is 0.237 e. The third kappa shape index (κ3) is 5.44. The van der Waals surface area contributed by atoms with E-state index in [0.717, 1.165) is 5.69 Å². The maximum Gasteiger partial charge on any atom is 0.237 e. The van der Waals surface area contributed by atoms with Crippen LogP contribution in [-0.4, -0.2) is 37.3 Å². The van der Waals surface area contributed by atoms with E-state index < -0.39 is 5.25 Å². The number of anilines is 2. The van der Waals surface area contributed by atoms with Crippen molar-refractivity contribution >= 4 is 35.0 Å². The van der Waals surface area contributed by atoms with Gasteiger partial charge in [0.15, 0.2) is 0 Å². The molecule has 156 valence electrons. The molecule has 1 atom stereocenters. The molecule has 1 unspecified atom stereocenters. The Morgan fingerprint density at radius 3 is 2.10 bits per heavy atom. The number of amides is 2. The number of hydrogen-bond donors (Lipinski definition) is 2. The molecule has 0 spiro atoms. The molecule has 0 radical (unpaired) electrons. The predicted octanol–water partition coefficient (Wildman–Crippen LogP) is 3.86. The Hall–Kier alpha value is -3.20. The summed E-state index contributed by atoms with van der Waals surface area (Å²) in [7, 11) is 0. The van der Waals surface area contributed by atoms with Gasteiger partial charge in [-0.15, -0.1) is 5.10 Å². The fourth-order valence-corrected chi connectivity index (χ4v) is 3.52. The third-order valence-electron chi connectivity index (χ3n) is 4.37. The third-order valence-corrected chi connectivity index (χ3v) is 5.40. The zero-order valence-corrected chi connectivity index (χ0v) is 18.1. The van der Waals surface area contributed by atoms with Crippen molar-refractivity contribution in [3.8, 4) is 5.69 Å². The number of carbonyl (C=O) groups excluding carboxylic acids is 2. The van der Waals surface area contributed by atoms with Gasteiger partial charge >= 0.3 is 0 Å². The van der Waals surface area contributed by atoms with Gasteiger partial charge in [0.05, 0.1) is 10.9 Å². The Bertz CT molecular complexity index is 1010. The molecule has 0 bridgehead atoms. The second kappa shape index (κ2) is 9.53. The number of thioether (sulfide) groups is 1. The summed E-state index contributed by atoms with van der Waals surface area (Å²) in [5, 5.41) is 17.6. The molecule has 2 N–H and O–H groups in total. The van der Waals surface area contributed by atoms with Crippen LogP contribution in [0.1, 0.15) is 39.2 Å². The molecule has 0 aliphatic carbocycles. The Morgan fingerprint density at radius 2 is 1.53 bits per heavy atom. The van der Waals surface area contributed by atoms with Gasteiger partial charge in [0, 0.05) is 18.3 Å². The maximum absolute atomic E-state index is 12.6.